The molecule has 26 heavy (non-hydrogen) atoms. The van der Waals surface area contributed by atoms with Crippen molar-refractivity contribution in [2.45, 2.75) is 70.1 Å². The van der Waals surface area contributed by atoms with Gasteiger partial charge < -0.3 is 0 Å². The van der Waals surface area contributed by atoms with Gasteiger partial charge in [-0.3, -0.25) is 4.72 Å². The lowest BCUT2D eigenvalue weighted by molar-refractivity contribution is 0.587. The maximum absolute atomic E-state index is 12.6. The maximum Gasteiger partial charge on any atom is 0.261 e. The van der Waals surface area contributed by atoms with Crippen molar-refractivity contribution < 1.29 is 8.42 Å². The molecule has 0 unspecified atom stereocenters. The van der Waals surface area contributed by atoms with Crippen molar-refractivity contribution in [3.05, 3.63) is 59.7 Å². The molecule has 4 heteroatoms. The van der Waals surface area contributed by atoms with Crippen LogP contribution in [-0.4, -0.2) is 8.42 Å². The molecule has 0 bridgehead atoms. The van der Waals surface area contributed by atoms with E-state index >= 15 is 0 Å². The molecular weight excluding hydrogens is 342 g/mol. The summed E-state index contributed by atoms with van der Waals surface area (Å²) in [7, 11) is -3.56. The zero-order chi connectivity index (χ0) is 19.2. The third-order valence-electron chi connectivity index (χ3n) is 4.56. The van der Waals surface area contributed by atoms with Gasteiger partial charge in [0.05, 0.1) is 4.90 Å². The summed E-state index contributed by atoms with van der Waals surface area (Å²) in [5.41, 5.74) is 2.97. The summed E-state index contributed by atoms with van der Waals surface area (Å²) in [6, 6.07) is 14.8. The molecule has 2 aromatic rings. The lowest BCUT2D eigenvalue weighted by Gasteiger charge is -2.19. The smallest absolute Gasteiger partial charge is 0.261 e. The van der Waals surface area contributed by atoms with E-state index in [-0.39, 0.29) is 10.3 Å². The van der Waals surface area contributed by atoms with Gasteiger partial charge >= 0.3 is 0 Å². The molecule has 0 fully saturated rings. The molecule has 2 rings (SSSR count). The summed E-state index contributed by atoms with van der Waals surface area (Å²) in [6.45, 7) is 8.53. The number of hydrogen-bond acceptors (Lipinski definition) is 2. The van der Waals surface area contributed by atoms with E-state index in [1.165, 1.54) is 31.2 Å². The van der Waals surface area contributed by atoms with E-state index in [2.05, 4.69) is 32.4 Å². The molecule has 0 atom stereocenters. The lowest BCUT2D eigenvalue weighted by atomic mass is 9.87. The van der Waals surface area contributed by atoms with Gasteiger partial charge in [-0.2, -0.15) is 0 Å². The van der Waals surface area contributed by atoms with Crippen molar-refractivity contribution in [1.29, 1.82) is 0 Å². The highest BCUT2D eigenvalue weighted by molar-refractivity contribution is 7.92. The monoisotopic (exact) mass is 373 g/mol. The minimum Gasteiger partial charge on any atom is -0.280 e. The number of sulfonamides is 1. The van der Waals surface area contributed by atoms with Gasteiger partial charge in [0.1, 0.15) is 0 Å². The van der Waals surface area contributed by atoms with E-state index in [1.807, 2.05) is 36.4 Å². The van der Waals surface area contributed by atoms with Crippen LogP contribution >= 0.6 is 0 Å². The van der Waals surface area contributed by atoms with Gasteiger partial charge in [-0.25, -0.2) is 8.42 Å². The Hall–Kier alpha value is -1.81. The average Bonchev–Trinajstić information content (AvgIpc) is 2.59. The van der Waals surface area contributed by atoms with Crippen LogP contribution in [0.1, 0.15) is 64.5 Å². The number of nitrogens with one attached hydrogen (secondary N) is 1. The molecule has 1 N–H and O–H groups in total. The third-order valence-corrected chi connectivity index (χ3v) is 5.95. The Morgan fingerprint density at radius 3 is 2.00 bits per heavy atom. The third kappa shape index (κ3) is 5.87. The Labute approximate surface area is 158 Å². The number of anilines is 1. The van der Waals surface area contributed by atoms with Gasteiger partial charge in [0, 0.05) is 5.69 Å². The maximum atomic E-state index is 12.6. The molecule has 0 heterocycles. The summed E-state index contributed by atoms with van der Waals surface area (Å²) in [5, 5.41) is 0. The first-order chi connectivity index (χ1) is 12.2. The van der Waals surface area contributed by atoms with Gasteiger partial charge in [0.2, 0.25) is 0 Å². The fourth-order valence-corrected chi connectivity index (χ4v) is 3.90. The van der Waals surface area contributed by atoms with Gasteiger partial charge in [-0.1, -0.05) is 71.2 Å². The summed E-state index contributed by atoms with van der Waals surface area (Å²) < 4.78 is 27.8. The van der Waals surface area contributed by atoms with E-state index in [0.717, 1.165) is 12.0 Å². The second-order valence-corrected chi connectivity index (χ2v) is 9.57. The molecule has 0 aliphatic rings. The first-order valence-corrected chi connectivity index (χ1v) is 10.9. The number of unbranched alkanes of at least 4 members (excludes halogenated alkanes) is 3. The van der Waals surface area contributed by atoms with Crippen LogP contribution in [0.4, 0.5) is 5.69 Å². The molecule has 0 aliphatic carbocycles. The highest BCUT2D eigenvalue weighted by atomic mass is 32.2. The first-order valence-electron chi connectivity index (χ1n) is 9.44. The van der Waals surface area contributed by atoms with Gasteiger partial charge in [-0.05, 0) is 53.6 Å². The van der Waals surface area contributed by atoms with E-state index in [4.69, 9.17) is 0 Å². The molecule has 0 radical (unpaired) electrons. The number of hydrogen-bond donors (Lipinski definition) is 1. The van der Waals surface area contributed by atoms with Crippen LogP contribution in [0.2, 0.25) is 0 Å². The van der Waals surface area contributed by atoms with Crippen molar-refractivity contribution in [3.63, 3.8) is 0 Å². The van der Waals surface area contributed by atoms with Gasteiger partial charge in [0.25, 0.3) is 10.0 Å². The molecule has 0 spiro atoms. The highest BCUT2D eigenvalue weighted by Crippen LogP contribution is 2.24. The van der Waals surface area contributed by atoms with Crippen molar-refractivity contribution in [2.75, 3.05) is 4.72 Å². The molecule has 0 saturated carbocycles. The van der Waals surface area contributed by atoms with E-state index < -0.39 is 10.0 Å². The second kappa shape index (κ2) is 8.72. The van der Waals surface area contributed by atoms with Crippen LogP contribution in [0.3, 0.4) is 0 Å². The number of benzene rings is 2. The normalized spacial score (nSPS) is 12.2. The Bertz CT molecular complexity index is 786. The fourth-order valence-electron chi connectivity index (χ4n) is 2.84. The summed E-state index contributed by atoms with van der Waals surface area (Å²) in [5.74, 6) is 0. The molecule has 0 saturated heterocycles. The average molecular weight is 374 g/mol. The molecule has 2 aromatic carbocycles. The molecule has 3 nitrogen and oxygen atoms in total. The predicted octanol–water partition coefficient (Wildman–Crippen LogP) is 5.91. The van der Waals surface area contributed by atoms with Crippen LogP contribution in [0, 0.1) is 0 Å². The van der Waals surface area contributed by atoms with Crippen LogP contribution in [-0.2, 0) is 21.9 Å². The minimum absolute atomic E-state index is 0.00266. The van der Waals surface area contributed by atoms with Crippen molar-refractivity contribution in [3.8, 4) is 0 Å². The summed E-state index contributed by atoms with van der Waals surface area (Å²) >= 11 is 0. The Morgan fingerprint density at radius 2 is 1.46 bits per heavy atom. The largest absolute Gasteiger partial charge is 0.280 e. The van der Waals surface area contributed by atoms with Gasteiger partial charge in [0.15, 0.2) is 0 Å². The van der Waals surface area contributed by atoms with Crippen LogP contribution < -0.4 is 4.72 Å². The molecule has 0 amide bonds. The highest BCUT2D eigenvalue weighted by Gasteiger charge is 2.17. The standard InChI is InChI=1S/C22H31NO2S/c1-5-6-7-8-9-18-10-14-20(15-11-18)23-26(24,25)21-16-12-19(13-17-21)22(2,3)4/h10-17,23H,5-9H2,1-4H3. The molecule has 142 valence electrons. The van der Waals surface area contributed by atoms with E-state index in [0.29, 0.717) is 5.69 Å². The van der Waals surface area contributed by atoms with Crippen molar-refractivity contribution >= 4 is 15.7 Å². The lowest BCUT2D eigenvalue weighted by Crippen LogP contribution is -2.14. The second-order valence-electron chi connectivity index (χ2n) is 7.89. The van der Waals surface area contributed by atoms with Crippen LogP contribution in [0.5, 0.6) is 0 Å². The zero-order valence-corrected chi connectivity index (χ0v) is 17.2. The SMILES string of the molecule is CCCCCCc1ccc(NS(=O)(=O)c2ccc(C(C)(C)C)cc2)cc1. The first kappa shape index (κ1) is 20.5. The van der Waals surface area contributed by atoms with Crippen molar-refractivity contribution in [2.24, 2.45) is 0 Å². The van der Waals surface area contributed by atoms with Crippen LogP contribution in [0.25, 0.3) is 0 Å². The fraction of sp³-hybridized carbons (Fsp3) is 0.455. The summed E-state index contributed by atoms with van der Waals surface area (Å²) in [6.07, 6.45) is 5.97. The Kier molecular flexibility index (Phi) is 6.87. The quantitative estimate of drug-likeness (QED) is 0.585. The Balaban J connectivity index is 2.02. The van der Waals surface area contributed by atoms with E-state index in [9.17, 15) is 8.42 Å². The topological polar surface area (TPSA) is 46.2 Å². The zero-order valence-electron chi connectivity index (χ0n) is 16.4. The molecule has 0 aromatic heterocycles. The van der Waals surface area contributed by atoms with Crippen LogP contribution in [0.15, 0.2) is 53.4 Å². The minimum atomic E-state index is -3.56. The van der Waals surface area contributed by atoms with Gasteiger partial charge in [-0.15, -0.1) is 0 Å². The van der Waals surface area contributed by atoms with E-state index in [1.54, 1.807) is 12.1 Å². The number of aryl methyl sites for hydroxylation is 1. The Morgan fingerprint density at radius 1 is 0.846 bits per heavy atom. The summed E-state index contributed by atoms with van der Waals surface area (Å²) in [4.78, 5) is 0.286. The molecule has 0 aliphatic heterocycles. The molecular formula is C22H31NO2S. The predicted molar refractivity (Wildman–Crippen MR) is 110 cm³/mol. The number of rotatable bonds is 8. The van der Waals surface area contributed by atoms with Crippen molar-refractivity contribution in [1.82, 2.24) is 0 Å².